The Labute approximate surface area is 136 Å². The van der Waals surface area contributed by atoms with Gasteiger partial charge in [0, 0.05) is 5.56 Å². The molecule has 0 spiro atoms. The maximum atomic E-state index is 12.3. The van der Waals surface area contributed by atoms with Gasteiger partial charge in [-0.15, -0.1) is 0 Å². The lowest BCUT2D eigenvalue weighted by atomic mass is 10.0. The highest BCUT2D eigenvalue weighted by Gasteiger charge is 2.24. The number of amides is 2. The Morgan fingerprint density at radius 1 is 1.13 bits per heavy atom. The molecule has 0 saturated heterocycles. The Balaban J connectivity index is 1.98. The normalized spacial score (nSPS) is 12.0. The molecule has 2 rings (SSSR count). The molecule has 2 aromatic rings. The summed E-state index contributed by atoms with van der Waals surface area (Å²) in [5, 5.41) is 5.59. The van der Waals surface area contributed by atoms with E-state index in [-0.39, 0.29) is 17.7 Å². The predicted octanol–water partition coefficient (Wildman–Crippen LogP) is 2.66. The third-order valence-corrected chi connectivity index (χ3v) is 3.57. The minimum Gasteiger partial charge on any atom is -0.467 e. The van der Waals surface area contributed by atoms with E-state index < -0.39 is 6.04 Å². The lowest BCUT2D eigenvalue weighted by Crippen LogP contribution is -2.49. The van der Waals surface area contributed by atoms with Crippen LogP contribution in [0.4, 0.5) is 0 Å². The van der Waals surface area contributed by atoms with Gasteiger partial charge in [0.1, 0.15) is 11.8 Å². The molecule has 23 heavy (non-hydrogen) atoms. The average Bonchev–Trinajstić information content (AvgIpc) is 3.03. The first-order valence-corrected chi connectivity index (χ1v) is 7.65. The van der Waals surface area contributed by atoms with Gasteiger partial charge in [-0.05, 0) is 37.1 Å². The van der Waals surface area contributed by atoms with Crippen LogP contribution >= 0.6 is 0 Å². The maximum Gasteiger partial charge on any atom is 0.251 e. The van der Waals surface area contributed by atoms with Crippen molar-refractivity contribution in [3.8, 4) is 0 Å². The van der Waals surface area contributed by atoms with Gasteiger partial charge in [-0.25, -0.2) is 0 Å². The van der Waals surface area contributed by atoms with Crippen LogP contribution in [0.1, 0.15) is 35.5 Å². The number of nitrogens with one attached hydrogen (secondary N) is 2. The van der Waals surface area contributed by atoms with E-state index in [1.807, 2.05) is 32.9 Å². The second-order valence-corrected chi connectivity index (χ2v) is 5.86. The smallest absolute Gasteiger partial charge is 0.251 e. The number of carbonyl (C=O) groups is 2. The number of rotatable bonds is 6. The van der Waals surface area contributed by atoms with Crippen molar-refractivity contribution >= 4 is 11.8 Å². The fraction of sp³-hybridized carbons (Fsp3) is 0.333. The third kappa shape index (κ3) is 4.71. The van der Waals surface area contributed by atoms with Crippen LogP contribution in [0.25, 0.3) is 0 Å². The minimum absolute atomic E-state index is 0.0269. The zero-order valence-corrected chi connectivity index (χ0v) is 13.6. The second kappa shape index (κ2) is 7.63. The third-order valence-electron chi connectivity index (χ3n) is 3.57. The zero-order chi connectivity index (χ0) is 16.8. The Morgan fingerprint density at radius 3 is 2.39 bits per heavy atom. The summed E-state index contributed by atoms with van der Waals surface area (Å²) < 4.78 is 5.18. The molecule has 0 aliphatic heterocycles. The zero-order valence-electron chi connectivity index (χ0n) is 13.6. The molecule has 0 aliphatic rings. The quantitative estimate of drug-likeness (QED) is 0.861. The second-order valence-electron chi connectivity index (χ2n) is 5.86. The largest absolute Gasteiger partial charge is 0.467 e. The molecule has 1 aromatic heterocycles. The number of hydrogen-bond acceptors (Lipinski definition) is 3. The monoisotopic (exact) mass is 314 g/mol. The van der Waals surface area contributed by atoms with Gasteiger partial charge in [0.2, 0.25) is 5.91 Å². The number of aryl methyl sites for hydroxylation is 1. The van der Waals surface area contributed by atoms with Gasteiger partial charge in [-0.1, -0.05) is 31.5 Å². The van der Waals surface area contributed by atoms with E-state index in [4.69, 9.17) is 4.42 Å². The van der Waals surface area contributed by atoms with Crippen molar-refractivity contribution in [3.05, 3.63) is 59.5 Å². The van der Waals surface area contributed by atoms with E-state index in [9.17, 15) is 9.59 Å². The number of benzene rings is 1. The molecule has 5 heteroatoms. The molecule has 0 fully saturated rings. The molecule has 122 valence electrons. The lowest BCUT2D eigenvalue weighted by molar-refractivity contribution is -0.124. The van der Waals surface area contributed by atoms with E-state index in [0.717, 1.165) is 5.56 Å². The summed E-state index contributed by atoms with van der Waals surface area (Å²) in [5.41, 5.74) is 1.62. The summed E-state index contributed by atoms with van der Waals surface area (Å²) in [6, 6.07) is 10.2. The van der Waals surface area contributed by atoms with Crippen LogP contribution in [0.2, 0.25) is 0 Å². The maximum absolute atomic E-state index is 12.3. The fourth-order valence-electron chi connectivity index (χ4n) is 2.16. The highest BCUT2D eigenvalue weighted by Crippen LogP contribution is 2.07. The van der Waals surface area contributed by atoms with Gasteiger partial charge < -0.3 is 15.1 Å². The first kappa shape index (κ1) is 16.8. The standard InChI is InChI=1S/C18H22N2O3/c1-12(2)16(18(22)19-11-15-5-4-10-23-15)20-17(21)14-8-6-13(3)7-9-14/h4-10,12,16H,11H2,1-3H3,(H,19,22)(H,20,21)/t16-/m0/s1. The van der Waals surface area contributed by atoms with Gasteiger partial charge >= 0.3 is 0 Å². The topological polar surface area (TPSA) is 71.3 Å². The molecule has 0 aliphatic carbocycles. The summed E-state index contributed by atoms with van der Waals surface area (Å²) in [6.45, 7) is 6.05. The minimum atomic E-state index is -0.598. The first-order valence-electron chi connectivity index (χ1n) is 7.65. The Kier molecular flexibility index (Phi) is 5.57. The van der Waals surface area contributed by atoms with Crippen LogP contribution in [-0.4, -0.2) is 17.9 Å². The van der Waals surface area contributed by atoms with Crippen LogP contribution in [0, 0.1) is 12.8 Å². The summed E-state index contributed by atoms with van der Waals surface area (Å²) >= 11 is 0. The van der Waals surface area contributed by atoms with E-state index >= 15 is 0 Å². The molecule has 1 heterocycles. The van der Waals surface area contributed by atoms with Crippen LogP contribution in [0.3, 0.4) is 0 Å². The van der Waals surface area contributed by atoms with Crippen LogP contribution in [0.15, 0.2) is 47.1 Å². The molecular weight excluding hydrogens is 292 g/mol. The summed E-state index contributed by atoms with van der Waals surface area (Å²) in [7, 11) is 0. The van der Waals surface area contributed by atoms with Crippen molar-refractivity contribution in [2.75, 3.05) is 0 Å². The van der Waals surface area contributed by atoms with E-state index in [2.05, 4.69) is 10.6 Å². The fourth-order valence-corrected chi connectivity index (χ4v) is 2.16. The molecule has 0 unspecified atom stereocenters. The molecule has 5 nitrogen and oxygen atoms in total. The summed E-state index contributed by atoms with van der Waals surface area (Å²) in [5.74, 6) is 0.167. The SMILES string of the molecule is Cc1ccc(C(=O)N[C@H](C(=O)NCc2ccco2)C(C)C)cc1. The molecule has 0 radical (unpaired) electrons. The average molecular weight is 314 g/mol. The van der Waals surface area contributed by atoms with Crippen LogP contribution < -0.4 is 10.6 Å². The van der Waals surface area contributed by atoms with Crippen molar-refractivity contribution in [1.29, 1.82) is 0 Å². The van der Waals surface area contributed by atoms with Gasteiger partial charge in [0.05, 0.1) is 12.8 Å². The Bertz CT molecular complexity index is 645. The number of hydrogen-bond donors (Lipinski definition) is 2. The molecule has 2 N–H and O–H groups in total. The molecule has 0 saturated carbocycles. The van der Waals surface area contributed by atoms with Crippen molar-refractivity contribution in [2.45, 2.75) is 33.4 Å². The highest BCUT2D eigenvalue weighted by atomic mass is 16.3. The molecule has 1 aromatic carbocycles. The van der Waals surface area contributed by atoms with Gasteiger partial charge in [-0.2, -0.15) is 0 Å². The summed E-state index contributed by atoms with van der Waals surface area (Å²) in [4.78, 5) is 24.6. The van der Waals surface area contributed by atoms with E-state index in [1.165, 1.54) is 0 Å². The Morgan fingerprint density at radius 2 is 1.83 bits per heavy atom. The molecule has 0 bridgehead atoms. The van der Waals surface area contributed by atoms with Gasteiger partial charge in [0.15, 0.2) is 0 Å². The van der Waals surface area contributed by atoms with E-state index in [0.29, 0.717) is 17.9 Å². The van der Waals surface area contributed by atoms with Crippen molar-refractivity contribution in [2.24, 2.45) is 5.92 Å². The van der Waals surface area contributed by atoms with Crippen molar-refractivity contribution in [3.63, 3.8) is 0 Å². The summed E-state index contributed by atoms with van der Waals surface area (Å²) in [6.07, 6.45) is 1.56. The van der Waals surface area contributed by atoms with Gasteiger partial charge in [-0.3, -0.25) is 9.59 Å². The first-order chi connectivity index (χ1) is 11.0. The van der Waals surface area contributed by atoms with Crippen LogP contribution in [0.5, 0.6) is 0 Å². The number of carbonyl (C=O) groups excluding carboxylic acids is 2. The van der Waals surface area contributed by atoms with Crippen molar-refractivity contribution in [1.82, 2.24) is 10.6 Å². The van der Waals surface area contributed by atoms with Crippen molar-refractivity contribution < 1.29 is 14.0 Å². The van der Waals surface area contributed by atoms with Crippen LogP contribution in [-0.2, 0) is 11.3 Å². The highest BCUT2D eigenvalue weighted by molar-refractivity contribution is 5.97. The molecule has 2 amide bonds. The molecule has 1 atom stereocenters. The van der Waals surface area contributed by atoms with Gasteiger partial charge in [0.25, 0.3) is 5.91 Å². The Hall–Kier alpha value is -2.56. The van der Waals surface area contributed by atoms with E-state index in [1.54, 1.807) is 30.5 Å². The predicted molar refractivity (Wildman–Crippen MR) is 87.8 cm³/mol. The molecular formula is C18H22N2O3. The number of furan rings is 1. The lowest BCUT2D eigenvalue weighted by Gasteiger charge is -2.21.